The van der Waals surface area contributed by atoms with Gasteiger partial charge in [-0.05, 0) is 0 Å². The molecule has 2 rings (SSSR count). The van der Waals surface area contributed by atoms with Gasteiger partial charge in [-0.2, -0.15) is 4.68 Å². The van der Waals surface area contributed by atoms with Crippen molar-refractivity contribution in [3.63, 3.8) is 0 Å². The van der Waals surface area contributed by atoms with Crippen molar-refractivity contribution in [2.45, 2.75) is 10.4 Å². The molecule has 0 aliphatic heterocycles. The fourth-order valence-corrected chi connectivity index (χ4v) is 2.32. The topological polar surface area (TPSA) is 63.8 Å². The number of rotatable bonds is 2. The SMILES string of the molecule is OCc1nnn(-c2nccs2)c1C(Cl)(Cl)Cl. The molecule has 0 unspecified atom stereocenters. The van der Waals surface area contributed by atoms with Crippen LogP contribution in [0.25, 0.3) is 5.13 Å². The van der Waals surface area contributed by atoms with Crippen LogP contribution in [-0.2, 0) is 10.4 Å². The van der Waals surface area contributed by atoms with Crippen LogP contribution in [0.4, 0.5) is 0 Å². The van der Waals surface area contributed by atoms with Gasteiger partial charge in [0.05, 0.1) is 6.61 Å². The first kappa shape index (κ1) is 12.1. The lowest BCUT2D eigenvalue weighted by molar-refractivity contribution is 0.275. The number of aliphatic hydroxyl groups excluding tert-OH is 1. The van der Waals surface area contributed by atoms with Crippen molar-refractivity contribution in [2.75, 3.05) is 0 Å². The smallest absolute Gasteiger partial charge is 0.234 e. The largest absolute Gasteiger partial charge is 0.390 e. The predicted molar refractivity (Wildman–Crippen MR) is 62.2 cm³/mol. The molecule has 0 aliphatic rings. The third-order valence-electron chi connectivity index (χ3n) is 1.76. The Kier molecular flexibility index (Phi) is 3.37. The normalized spacial score (nSPS) is 12.0. The minimum absolute atomic E-state index is 0.204. The molecule has 2 aromatic rings. The number of alkyl halides is 3. The summed E-state index contributed by atoms with van der Waals surface area (Å²) in [5.41, 5.74) is 0.421. The Balaban J connectivity index is 2.59. The van der Waals surface area contributed by atoms with Crippen molar-refractivity contribution >= 4 is 46.1 Å². The lowest BCUT2D eigenvalue weighted by Crippen LogP contribution is -2.12. The van der Waals surface area contributed by atoms with Gasteiger partial charge in [0.15, 0.2) is 0 Å². The van der Waals surface area contributed by atoms with Crippen molar-refractivity contribution in [1.29, 1.82) is 0 Å². The first-order chi connectivity index (χ1) is 7.54. The molecule has 1 N–H and O–H groups in total. The zero-order valence-electron chi connectivity index (χ0n) is 7.64. The summed E-state index contributed by atoms with van der Waals surface area (Å²) in [5.74, 6) is 0. The number of nitrogens with zero attached hydrogens (tertiary/aromatic N) is 4. The molecule has 2 aromatic heterocycles. The van der Waals surface area contributed by atoms with Crippen LogP contribution in [0.3, 0.4) is 0 Å². The molecule has 9 heteroatoms. The van der Waals surface area contributed by atoms with Crippen LogP contribution in [-0.4, -0.2) is 25.1 Å². The number of aliphatic hydroxyl groups is 1. The monoisotopic (exact) mass is 298 g/mol. The molecule has 0 amide bonds. The first-order valence-electron chi connectivity index (χ1n) is 4.06. The molecule has 0 bridgehead atoms. The van der Waals surface area contributed by atoms with Crippen molar-refractivity contribution in [2.24, 2.45) is 0 Å². The second kappa shape index (κ2) is 4.46. The lowest BCUT2D eigenvalue weighted by atomic mass is 10.3. The van der Waals surface area contributed by atoms with Crippen LogP contribution in [0.15, 0.2) is 11.6 Å². The molecule has 0 spiro atoms. The quantitative estimate of drug-likeness (QED) is 0.862. The van der Waals surface area contributed by atoms with E-state index in [1.54, 1.807) is 11.6 Å². The van der Waals surface area contributed by atoms with E-state index >= 15 is 0 Å². The van der Waals surface area contributed by atoms with Crippen LogP contribution in [0.1, 0.15) is 11.4 Å². The molecule has 0 saturated carbocycles. The van der Waals surface area contributed by atoms with E-state index < -0.39 is 3.79 Å². The van der Waals surface area contributed by atoms with Crippen LogP contribution in [0.2, 0.25) is 0 Å². The molecular weight excluding hydrogens is 295 g/mol. The van der Waals surface area contributed by atoms with E-state index in [0.29, 0.717) is 5.13 Å². The Bertz CT molecular complexity index is 478. The highest BCUT2D eigenvalue weighted by Gasteiger charge is 2.33. The lowest BCUT2D eigenvalue weighted by Gasteiger charge is -2.12. The van der Waals surface area contributed by atoms with Gasteiger partial charge in [0, 0.05) is 11.6 Å². The van der Waals surface area contributed by atoms with Gasteiger partial charge in [0.2, 0.25) is 8.92 Å². The van der Waals surface area contributed by atoms with E-state index in [0.717, 1.165) is 0 Å². The molecule has 0 radical (unpaired) electrons. The van der Waals surface area contributed by atoms with Gasteiger partial charge in [0.1, 0.15) is 11.4 Å². The van der Waals surface area contributed by atoms with Crippen LogP contribution >= 0.6 is 46.1 Å². The third-order valence-corrected chi connectivity index (χ3v) is 3.04. The van der Waals surface area contributed by atoms with E-state index in [9.17, 15) is 0 Å². The highest BCUT2D eigenvalue weighted by molar-refractivity contribution is 7.12. The van der Waals surface area contributed by atoms with E-state index in [-0.39, 0.29) is 18.0 Å². The van der Waals surface area contributed by atoms with Gasteiger partial charge in [0.25, 0.3) is 0 Å². The van der Waals surface area contributed by atoms with E-state index in [4.69, 9.17) is 39.9 Å². The average Bonchev–Trinajstić information content (AvgIpc) is 2.84. The van der Waals surface area contributed by atoms with Gasteiger partial charge >= 0.3 is 0 Å². The maximum absolute atomic E-state index is 9.08. The van der Waals surface area contributed by atoms with Gasteiger partial charge in [-0.3, -0.25) is 0 Å². The Morgan fingerprint density at radius 1 is 1.44 bits per heavy atom. The maximum atomic E-state index is 9.08. The van der Waals surface area contributed by atoms with E-state index in [1.165, 1.54) is 16.0 Å². The fraction of sp³-hybridized carbons (Fsp3) is 0.286. The van der Waals surface area contributed by atoms with Crippen molar-refractivity contribution in [3.8, 4) is 5.13 Å². The molecule has 5 nitrogen and oxygen atoms in total. The molecule has 0 aromatic carbocycles. The number of halogens is 3. The summed E-state index contributed by atoms with van der Waals surface area (Å²) < 4.78 is -0.406. The Labute approximate surface area is 110 Å². The Hall–Kier alpha value is -0.400. The molecule has 0 atom stereocenters. The zero-order valence-corrected chi connectivity index (χ0v) is 10.7. The van der Waals surface area contributed by atoms with Gasteiger partial charge in [-0.25, -0.2) is 4.98 Å². The number of aromatic nitrogens is 4. The molecular formula is C7H5Cl3N4OS. The maximum Gasteiger partial charge on any atom is 0.234 e. The van der Waals surface area contributed by atoms with E-state index in [2.05, 4.69) is 15.3 Å². The first-order valence-corrected chi connectivity index (χ1v) is 6.08. The third kappa shape index (κ3) is 2.16. The number of hydrogen-bond acceptors (Lipinski definition) is 5. The highest BCUT2D eigenvalue weighted by atomic mass is 35.6. The predicted octanol–water partition coefficient (Wildman–Crippen LogP) is 2.04. The highest BCUT2D eigenvalue weighted by Crippen LogP contribution is 2.40. The molecule has 16 heavy (non-hydrogen) atoms. The summed E-state index contributed by atoms with van der Waals surface area (Å²) in [6, 6.07) is 0. The Morgan fingerprint density at radius 2 is 2.19 bits per heavy atom. The van der Waals surface area contributed by atoms with Crippen LogP contribution < -0.4 is 0 Å². The van der Waals surface area contributed by atoms with Gasteiger partial charge in [-0.1, -0.05) is 40.0 Å². The minimum Gasteiger partial charge on any atom is -0.390 e. The number of hydrogen-bond donors (Lipinski definition) is 1. The van der Waals surface area contributed by atoms with Crippen molar-refractivity contribution in [3.05, 3.63) is 23.0 Å². The van der Waals surface area contributed by atoms with Crippen LogP contribution in [0, 0.1) is 0 Å². The molecule has 0 aliphatic carbocycles. The molecule has 86 valence electrons. The minimum atomic E-state index is -1.72. The number of thiazole rings is 1. The molecule has 0 fully saturated rings. The summed E-state index contributed by atoms with van der Waals surface area (Å²) in [6.07, 6.45) is 1.60. The van der Waals surface area contributed by atoms with Gasteiger partial charge in [-0.15, -0.1) is 16.4 Å². The second-order valence-electron chi connectivity index (χ2n) is 2.77. The average molecular weight is 300 g/mol. The summed E-state index contributed by atoms with van der Waals surface area (Å²) in [7, 11) is 0. The second-order valence-corrected chi connectivity index (χ2v) is 5.92. The van der Waals surface area contributed by atoms with E-state index in [1.807, 2.05) is 0 Å². The summed E-state index contributed by atoms with van der Waals surface area (Å²) in [5, 5.41) is 18.9. The fourth-order valence-electron chi connectivity index (χ4n) is 1.16. The van der Waals surface area contributed by atoms with Gasteiger partial charge < -0.3 is 5.11 Å². The van der Waals surface area contributed by atoms with Crippen LogP contribution in [0.5, 0.6) is 0 Å². The molecule has 2 heterocycles. The zero-order chi connectivity index (χ0) is 11.8. The van der Waals surface area contributed by atoms with Crippen molar-refractivity contribution < 1.29 is 5.11 Å². The standard InChI is InChI=1S/C7H5Cl3N4OS/c8-7(9,10)5-4(3-15)12-13-14(5)6-11-1-2-16-6/h1-2,15H,3H2. The van der Waals surface area contributed by atoms with Crippen molar-refractivity contribution in [1.82, 2.24) is 20.0 Å². The molecule has 0 saturated heterocycles. The Morgan fingerprint density at radius 3 is 2.69 bits per heavy atom. The summed E-state index contributed by atoms with van der Waals surface area (Å²) in [4.78, 5) is 4.03. The summed E-state index contributed by atoms with van der Waals surface area (Å²) in [6.45, 7) is -0.353. The summed E-state index contributed by atoms with van der Waals surface area (Å²) >= 11 is 18.7.